The molecule has 0 spiro atoms. The fraction of sp³-hybridized carbons (Fsp3) is 0.364. The predicted molar refractivity (Wildman–Crippen MR) is 64.0 cm³/mol. The lowest BCUT2D eigenvalue weighted by molar-refractivity contribution is -0.385. The van der Waals surface area contributed by atoms with E-state index in [9.17, 15) is 14.9 Å². The second-order valence-corrected chi connectivity index (χ2v) is 4.11. The highest BCUT2D eigenvalue weighted by Gasteiger charge is 2.08. The summed E-state index contributed by atoms with van der Waals surface area (Å²) in [6, 6.07) is 4.56. The molecule has 16 heavy (non-hydrogen) atoms. The van der Waals surface area contributed by atoms with Crippen LogP contribution >= 0.6 is 12.6 Å². The number of carbonyl (C=O) groups is 1. The van der Waals surface area contributed by atoms with Crippen molar-refractivity contribution in [3.8, 4) is 0 Å². The summed E-state index contributed by atoms with van der Waals surface area (Å²) >= 11 is 4.23. The minimum atomic E-state index is -0.429. The number of hydrogen-bond donors (Lipinski definition) is 1. The zero-order valence-electron chi connectivity index (χ0n) is 8.97. The molecule has 0 aliphatic carbocycles. The van der Waals surface area contributed by atoms with Crippen LogP contribution in [0, 0.1) is 10.1 Å². The Labute approximate surface area is 99.2 Å². The molecule has 0 aliphatic rings. The van der Waals surface area contributed by atoms with Gasteiger partial charge in [0, 0.05) is 23.4 Å². The number of aryl methyl sites for hydroxylation is 1. The van der Waals surface area contributed by atoms with Crippen LogP contribution in [0.5, 0.6) is 0 Å². The number of nitrogens with zero attached hydrogens (tertiary/aromatic N) is 1. The minimum Gasteiger partial charge on any atom is -0.300 e. The van der Waals surface area contributed by atoms with Gasteiger partial charge in [-0.15, -0.1) is 12.6 Å². The first kappa shape index (κ1) is 12.7. The zero-order valence-corrected chi connectivity index (χ0v) is 9.87. The summed E-state index contributed by atoms with van der Waals surface area (Å²) < 4.78 is 0. The van der Waals surface area contributed by atoms with Gasteiger partial charge in [0.2, 0.25) is 0 Å². The van der Waals surface area contributed by atoms with E-state index in [0.29, 0.717) is 19.3 Å². The van der Waals surface area contributed by atoms with Crippen LogP contribution in [0.15, 0.2) is 23.1 Å². The van der Waals surface area contributed by atoms with Crippen LogP contribution in [0.4, 0.5) is 5.69 Å². The number of rotatable bonds is 5. The molecule has 5 heteroatoms. The average molecular weight is 239 g/mol. The highest BCUT2D eigenvalue weighted by Crippen LogP contribution is 2.22. The number of ketones is 1. The van der Waals surface area contributed by atoms with Gasteiger partial charge >= 0.3 is 0 Å². The summed E-state index contributed by atoms with van der Waals surface area (Å²) in [5.41, 5.74) is 0.884. The molecular weight excluding hydrogens is 226 g/mol. The van der Waals surface area contributed by atoms with Crippen molar-refractivity contribution in [3.63, 3.8) is 0 Å². The Morgan fingerprint density at radius 1 is 1.50 bits per heavy atom. The van der Waals surface area contributed by atoms with Crippen molar-refractivity contribution in [1.82, 2.24) is 0 Å². The molecule has 0 aliphatic heterocycles. The van der Waals surface area contributed by atoms with E-state index >= 15 is 0 Å². The smallest absolute Gasteiger partial charge is 0.269 e. The first-order valence-electron chi connectivity index (χ1n) is 4.96. The molecule has 0 unspecified atom stereocenters. The van der Waals surface area contributed by atoms with Crippen LogP contribution < -0.4 is 0 Å². The van der Waals surface area contributed by atoms with Crippen LogP contribution in [0.3, 0.4) is 0 Å². The van der Waals surface area contributed by atoms with Crippen molar-refractivity contribution in [2.45, 2.75) is 31.1 Å². The Kier molecular flexibility index (Phi) is 4.49. The molecule has 0 aromatic heterocycles. The van der Waals surface area contributed by atoms with Crippen molar-refractivity contribution >= 4 is 24.1 Å². The van der Waals surface area contributed by atoms with Crippen molar-refractivity contribution < 1.29 is 9.72 Å². The van der Waals surface area contributed by atoms with E-state index in [1.54, 1.807) is 6.07 Å². The topological polar surface area (TPSA) is 60.2 Å². The molecule has 0 radical (unpaired) electrons. The van der Waals surface area contributed by atoms with Crippen LogP contribution in [-0.4, -0.2) is 10.7 Å². The lowest BCUT2D eigenvalue weighted by Gasteiger charge is -2.03. The molecule has 0 N–H and O–H groups in total. The van der Waals surface area contributed by atoms with E-state index < -0.39 is 4.92 Å². The molecule has 0 bridgehead atoms. The zero-order chi connectivity index (χ0) is 12.1. The van der Waals surface area contributed by atoms with Gasteiger partial charge in [-0.2, -0.15) is 0 Å². The second kappa shape index (κ2) is 5.65. The first-order chi connectivity index (χ1) is 7.50. The number of non-ortho nitro benzene ring substituents is 1. The van der Waals surface area contributed by atoms with E-state index in [4.69, 9.17) is 0 Å². The predicted octanol–water partition coefficient (Wildman–Crippen LogP) is 2.80. The fourth-order valence-electron chi connectivity index (χ4n) is 1.41. The van der Waals surface area contributed by atoms with Crippen LogP contribution in [0.25, 0.3) is 0 Å². The normalized spacial score (nSPS) is 10.1. The number of nitro groups is 1. The van der Waals surface area contributed by atoms with E-state index in [1.807, 2.05) is 0 Å². The molecular formula is C11H13NO3S. The molecule has 1 rings (SSSR count). The van der Waals surface area contributed by atoms with Crippen LogP contribution in [0.1, 0.15) is 25.3 Å². The Balaban J connectivity index is 2.74. The van der Waals surface area contributed by atoms with Gasteiger partial charge in [0.25, 0.3) is 5.69 Å². The number of nitro benzene ring substituents is 1. The van der Waals surface area contributed by atoms with E-state index in [-0.39, 0.29) is 11.5 Å². The van der Waals surface area contributed by atoms with Gasteiger partial charge in [-0.05, 0) is 31.4 Å². The molecule has 86 valence electrons. The number of carbonyl (C=O) groups excluding carboxylic acids is 1. The number of benzene rings is 1. The molecule has 4 nitrogen and oxygen atoms in total. The quantitative estimate of drug-likeness (QED) is 0.488. The summed E-state index contributed by atoms with van der Waals surface area (Å²) in [6.45, 7) is 1.54. The van der Waals surface area contributed by atoms with Gasteiger partial charge in [0.1, 0.15) is 5.78 Å². The number of thiol groups is 1. The highest BCUT2D eigenvalue weighted by atomic mass is 32.1. The molecule has 1 aromatic carbocycles. The summed E-state index contributed by atoms with van der Waals surface area (Å²) in [6.07, 6.45) is 1.83. The Bertz CT molecular complexity index is 418. The first-order valence-corrected chi connectivity index (χ1v) is 5.41. The molecule has 1 aromatic rings. The number of Topliss-reactive ketones (excluding diaryl/α,β-unsaturated/α-hetero) is 1. The Morgan fingerprint density at radius 3 is 2.75 bits per heavy atom. The molecule has 0 saturated carbocycles. The molecule has 0 heterocycles. The van der Waals surface area contributed by atoms with Crippen molar-refractivity contribution in [1.29, 1.82) is 0 Å². The van der Waals surface area contributed by atoms with Crippen molar-refractivity contribution in [2.24, 2.45) is 0 Å². The second-order valence-electron chi connectivity index (χ2n) is 3.63. The van der Waals surface area contributed by atoms with E-state index in [2.05, 4.69) is 12.6 Å². The largest absolute Gasteiger partial charge is 0.300 e. The highest BCUT2D eigenvalue weighted by molar-refractivity contribution is 7.80. The Hall–Kier alpha value is -1.36. The van der Waals surface area contributed by atoms with E-state index in [1.165, 1.54) is 19.1 Å². The fourth-order valence-corrected chi connectivity index (χ4v) is 1.66. The van der Waals surface area contributed by atoms with Gasteiger partial charge in [-0.25, -0.2) is 0 Å². The Morgan fingerprint density at radius 2 is 2.19 bits per heavy atom. The minimum absolute atomic E-state index is 0.0654. The van der Waals surface area contributed by atoms with Crippen LogP contribution in [0.2, 0.25) is 0 Å². The third-order valence-corrected chi connectivity index (χ3v) is 2.69. The van der Waals surface area contributed by atoms with Crippen molar-refractivity contribution in [3.05, 3.63) is 33.9 Å². The van der Waals surface area contributed by atoms with Gasteiger partial charge in [0.15, 0.2) is 0 Å². The monoisotopic (exact) mass is 239 g/mol. The summed E-state index contributed by atoms with van der Waals surface area (Å²) in [5, 5.41) is 10.6. The van der Waals surface area contributed by atoms with Gasteiger partial charge in [-0.1, -0.05) is 0 Å². The molecule has 0 atom stereocenters. The third-order valence-electron chi connectivity index (χ3n) is 2.25. The maximum absolute atomic E-state index is 10.8. The molecule has 0 saturated heterocycles. The summed E-state index contributed by atoms with van der Waals surface area (Å²) in [5.74, 6) is 0.131. The maximum atomic E-state index is 10.8. The summed E-state index contributed by atoms with van der Waals surface area (Å²) in [4.78, 5) is 21.6. The van der Waals surface area contributed by atoms with Gasteiger partial charge < -0.3 is 4.79 Å². The third kappa shape index (κ3) is 3.66. The molecule has 0 amide bonds. The number of hydrogen-bond acceptors (Lipinski definition) is 4. The summed E-state index contributed by atoms with van der Waals surface area (Å²) in [7, 11) is 0. The van der Waals surface area contributed by atoms with E-state index in [0.717, 1.165) is 10.5 Å². The lowest BCUT2D eigenvalue weighted by atomic mass is 10.1. The average Bonchev–Trinajstić information content (AvgIpc) is 2.20. The van der Waals surface area contributed by atoms with Gasteiger partial charge in [-0.3, -0.25) is 10.1 Å². The standard InChI is InChI=1S/C11H13NO3S/c1-8(13)3-2-4-9-7-10(12(14)15)5-6-11(9)16/h5-7,16H,2-4H2,1H3. The van der Waals surface area contributed by atoms with Gasteiger partial charge in [0.05, 0.1) is 4.92 Å². The maximum Gasteiger partial charge on any atom is 0.269 e. The molecule has 0 fully saturated rings. The van der Waals surface area contributed by atoms with Crippen molar-refractivity contribution in [2.75, 3.05) is 0 Å². The van der Waals surface area contributed by atoms with Crippen LogP contribution in [-0.2, 0) is 11.2 Å². The SMILES string of the molecule is CC(=O)CCCc1cc([N+](=O)[O-])ccc1S. The lowest BCUT2D eigenvalue weighted by Crippen LogP contribution is -1.95.